The summed E-state index contributed by atoms with van der Waals surface area (Å²) in [6.45, 7) is 8.58. The van der Waals surface area contributed by atoms with E-state index in [1.807, 2.05) is 13.8 Å². The fourth-order valence-corrected chi connectivity index (χ4v) is 1.76. The van der Waals surface area contributed by atoms with Gasteiger partial charge in [-0.3, -0.25) is 9.59 Å². The van der Waals surface area contributed by atoms with Gasteiger partial charge in [0.2, 0.25) is 11.8 Å². The summed E-state index contributed by atoms with van der Waals surface area (Å²) in [5.74, 6) is -0.284. The lowest BCUT2D eigenvalue weighted by molar-refractivity contribution is -0.130. The highest BCUT2D eigenvalue weighted by molar-refractivity contribution is 5.89. The first kappa shape index (κ1) is 18.9. The van der Waals surface area contributed by atoms with Crippen LogP contribution in [0.25, 0.3) is 0 Å². The van der Waals surface area contributed by atoms with Crippen molar-refractivity contribution in [2.75, 3.05) is 6.54 Å². The molecular formula is C15H31N3O2. The second kappa shape index (κ2) is 10.7. The van der Waals surface area contributed by atoms with Crippen LogP contribution in [-0.4, -0.2) is 30.4 Å². The van der Waals surface area contributed by atoms with Gasteiger partial charge in [0.25, 0.3) is 0 Å². The molecule has 5 nitrogen and oxygen atoms in total. The Hall–Kier alpha value is -1.10. The number of carbonyl (C=O) groups is 2. The maximum Gasteiger partial charge on any atom is 0.242 e. The van der Waals surface area contributed by atoms with Crippen LogP contribution < -0.4 is 16.4 Å². The van der Waals surface area contributed by atoms with E-state index in [0.717, 1.165) is 25.7 Å². The van der Waals surface area contributed by atoms with Crippen molar-refractivity contribution in [2.24, 2.45) is 11.7 Å². The number of unbranched alkanes of at least 4 members (excludes halogenated alkanes) is 2. The Balaban J connectivity index is 4.46. The summed E-state index contributed by atoms with van der Waals surface area (Å²) in [5, 5.41) is 5.66. The maximum absolute atomic E-state index is 12.1. The molecular weight excluding hydrogens is 254 g/mol. The van der Waals surface area contributed by atoms with Crippen LogP contribution in [0.4, 0.5) is 0 Å². The lowest BCUT2D eigenvalue weighted by Crippen LogP contribution is -2.53. The molecule has 0 rings (SSSR count). The SMILES string of the molecule is CCCCNC(=O)[C@H](CCCC)NC(=O)[C@@H](N)C(C)C. The van der Waals surface area contributed by atoms with Gasteiger partial charge in [0.1, 0.15) is 6.04 Å². The van der Waals surface area contributed by atoms with Crippen molar-refractivity contribution >= 4 is 11.8 Å². The van der Waals surface area contributed by atoms with E-state index >= 15 is 0 Å². The molecule has 0 heterocycles. The summed E-state index contributed by atoms with van der Waals surface area (Å²) >= 11 is 0. The van der Waals surface area contributed by atoms with E-state index in [0.29, 0.717) is 13.0 Å². The summed E-state index contributed by atoms with van der Waals surface area (Å²) in [6, 6.07) is -1.04. The molecule has 0 aromatic carbocycles. The van der Waals surface area contributed by atoms with Crippen LogP contribution in [0.3, 0.4) is 0 Å². The van der Waals surface area contributed by atoms with Gasteiger partial charge in [0.05, 0.1) is 6.04 Å². The largest absolute Gasteiger partial charge is 0.354 e. The zero-order valence-electron chi connectivity index (χ0n) is 13.4. The van der Waals surface area contributed by atoms with Crippen molar-refractivity contribution in [2.45, 2.75) is 71.9 Å². The topological polar surface area (TPSA) is 84.2 Å². The van der Waals surface area contributed by atoms with Gasteiger partial charge >= 0.3 is 0 Å². The number of hydrogen-bond acceptors (Lipinski definition) is 3. The normalized spacial score (nSPS) is 13.9. The third-order valence-corrected chi connectivity index (χ3v) is 3.33. The molecule has 0 fully saturated rings. The van der Waals surface area contributed by atoms with Gasteiger partial charge in [-0.05, 0) is 18.8 Å². The van der Waals surface area contributed by atoms with Gasteiger partial charge in [-0.15, -0.1) is 0 Å². The van der Waals surface area contributed by atoms with Crippen LogP contribution in [0.5, 0.6) is 0 Å². The number of nitrogens with one attached hydrogen (secondary N) is 2. The van der Waals surface area contributed by atoms with Gasteiger partial charge in [-0.2, -0.15) is 0 Å². The Kier molecular flexibility index (Phi) is 10.1. The minimum Gasteiger partial charge on any atom is -0.354 e. The number of amides is 2. The quantitative estimate of drug-likeness (QED) is 0.533. The second-order valence-corrected chi connectivity index (χ2v) is 5.62. The van der Waals surface area contributed by atoms with Crippen LogP contribution >= 0.6 is 0 Å². The number of rotatable bonds is 10. The van der Waals surface area contributed by atoms with E-state index in [-0.39, 0.29) is 17.7 Å². The fourth-order valence-electron chi connectivity index (χ4n) is 1.76. The Morgan fingerprint density at radius 2 is 1.65 bits per heavy atom. The Morgan fingerprint density at radius 3 is 2.15 bits per heavy atom. The maximum atomic E-state index is 12.1. The van der Waals surface area contributed by atoms with Crippen molar-refractivity contribution in [3.8, 4) is 0 Å². The second-order valence-electron chi connectivity index (χ2n) is 5.62. The first-order valence-corrected chi connectivity index (χ1v) is 7.77. The van der Waals surface area contributed by atoms with E-state index in [1.54, 1.807) is 0 Å². The van der Waals surface area contributed by atoms with Crippen LogP contribution in [0.2, 0.25) is 0 Å². The molecule has 0 aromatic rings. The van der Waals surface area contributed by atoms with E-state index in [1.165, 1.54) is 0 Å². The van der Waals surface area contributed by atoms with Crippen LogP contribution in [-0.2, 0) is 9.59 Å². The third kappa shape index (κ3) is 7.48. The van der Waals surface area contributed by atoms with Crippen LogP contribution in [0, 0.1) is 5.92 Å². The average Bonchev–Trinajstić information content (AvgIpc) is 2.42. The van der Waals surface area contributed by atoms with E-state index in [2.05, 4.69) is 24.5 Å². The molecule has 0 unspecified atom stereocenters. The highest BCUT2D eigenvalue weighted by atomic mass is 16.2. The van der Waals surface area contributed by atoms with Gasteiger partial charge in [0, 0.05) is 6.54 Å². The van der Waals surface area contributed by atoms with Crippen molar-refractivity contribution in [3.05, 3.63) is 0 Å². The average molecular weight is 285 g/mol. The zero-order valence-corrected chi connectivity index (χ0v) is 13.4. The van der Waals surface area contributed by atoms with Crippen molar-refractivity contribution in [1.29, 1.82) is 0 Å². The standard InChI is InChI=1S/C15H31N3O2/c1-5-7-9-12(14(19)17-10-8-6-2)18-15(20)13(16)11(3)4/h11-13H,5-10,16H2,1-4H3,(H,17,19)(H,18,20)/t12-,13-/m0/s1. The summed E-state index contributed by atoms with van der Waals surface area (Å²) in [7, 11) is 0. The number of hydrogen-bond donors (Lipinski definition) is 3. The predicted octanol–water partition coefficient (Wildman–Crippen LogP) is 1.56. The fraction of sp³-hybridized carbons (Fsp3) is 0.867. The molecule has 2 amide bonds. The third-order valence-electron chi connectivity index (χ3n) is 3.33. The summed E-state index contributed by atoms with van der Waals surface area (Å²) in [5.41, 5.74) is 5.82. The summed E-state index contributed by atoms with van der Waals surface area (Å²) in [4.78, 5) is 24.1. The molecule has 0 aliphatic rings. The van der Waals surface area contributed by atoms with Gasteiger partial charge in [0.15, 0.2) is 0 Å². The molecule has 2 atom stereocenters. The number of nitrogens with two attached hydrogens (primary N) is 1. The minimum atomic E-state index is -0.567. The molecule has 0 aliphatic heterocycles. The van der Waals surface area contributed by atoms with Gasteiger partial charge in [-0.25, -0.2) is 0 Å². The highest BCUT2D eigenvalue weighted by Crippen LogP contribution is 2.04. The Bertz CT molecular complexity index is 293. The Morgan fingerprint density at radius 1 is 1.05 bits per heavy atom. The van der Waals surface area contributed by atoms with Crippen molar-refractivity contribution in [3.63, 3.8) is 0 Å². The Labute approximate surface area is 123 Å². The highest BCUT2D eigenvalue weighted by Gasteiger charge is 2.24. The molecule has 0 aromatic heterocycles. The molecule has 0 aliphatic carbocycles. The van der Waals surface area contributed by atoms with E-state index in [4.69, 9.17) is 5.73 Å². The minimum absolute atomic E-state index is 0.0602. The molecule has 0 saturated carbocycles. The van der Waals surface area contributed by atoms with Crippen LogP contribution in [0.1, 0.15) is 59.8 Å². The first-order valence-electron chi connectivity index (χ1n) is 7.77. The monoisotopic (exact) mass is 285 g/mol. The molecule has 20 heavy (non-hydrogen) atoms. The van der Waals surface area contributed by atoms with Crippen molar-refractivity contribution < 1.29 is 9.59 Å². The lowest BCUT2D eigenvalue weighted by Gasteiger charge is -2.22. The number of carbonyl (C=O) groups excluding carboxylic acids is 2. The van der Waals surface area contributed by atoms with Gasteiger partial charge in [-0.1, -0.05) is 47.0 Å². The van der Waals surface area contributed by atoms with E-state index in [9.17, 15) is 9.59 Å². The predicted molar refractivity (Wildman–Crippen MR) is 82.2 cm³/mol. The molecule has 0 bridgehead atoms. The molecule has 0 saturated heterocycles. The molecule has 4 N–H and O–H groups in total. The van der Waals surface area contributed by atoms with Gasteiger partial charge < -0.3 is 16.4 Å². The van der Waals surface area contributed by atoms with Crippen LogP contribution in [0.15, 0.2) is 0 Å². The molecule has 0 spiro atoms. The smallest absolute Gasteiger partial charge is 0.242 e. The molecule has 0 radical (unpaired) electrons. The summed E-state index contributed by atoms with van der Waals surface area (Å²) < 4.78 is 0. The first-order chi connectivity index (χ1) is 9.43. The van der Waals surface area contributed by atoms with Crippen molar-refractivity contribution in [1.82, 2.24) is 10.6 Å². The molecule has 118 valence electrons. The zero-order chi connectivity index (χ0) is 15.5. The van der Waals surface area contributed by atoms with E-state index < -0.39 is 12.1 Å². The summed E-state index contributed by atoms with van der Waals surface area (Å²) in [6.07, 6.45) is 4.54. The molecule has 5 heteroatoms. The lowest BCUT2D eigenvalue weighted by atomic mass is 10.0.